The number of aryl methyl sites for hydroxylation is 1. The molecule has 3 aromatic carbocycles. The first-order valence-corrected chi connectivity index (χ1v) is 12.4. The smallest absolute Gasteiger partial charge is 0.263 e. The SMILES string of the molecule is CC[C@@H]1CCC2=C(c3ccccc3[C@@H]2c2ccccc2)N1S(=O)(=O)c1ccc(C)cc1. The number of benzene rings is 3. The van der Waals surface area contributed by atoms with Crippen LogP contribution in [0.2, 0.25) is 0 Å². The molecule has 0 fully saturated rings. The summed E-state index contributed by atoms with van der Waals surface area (Å²) in [7, 11) is -3.67. The zero-order valence-electron chi connectivity index (χ0n) is 18.0. The number of nitrogens with zero attached hydrogens (tertiary/aromatic N) is 1. The van der Waals surface area contributed by atoms with Gasteiger partial charge in [0.15, 0.2) is 0 Å². The van der Waals surface area contributed by atoms with Gasteiger partial charge in [-0.2, -0.15) is 0 Å². The normalized spacial score (nSPS) is 20.5. The Morgan fingerprint density at radius 1 is 0.903 bits per heavy atom. The lowest BCUT2D eigenvalue weighted by Gasteiger charge is -2.38. The first-order valence-electron chi connectivity index (χ1n) is 11.0. The van der Waals surface area contributed by atoms with Crippen molar-refractivity contribution in [1.29, 1.82) is 0 Å². The van der Waals surface area contributed by atoms with Crippen molar-refractivity contribution in [2.75, 3.05) is 0 Å². The van der Waals surface area contributed by atoms with E-state index in [-0.39, 0.29) is 12.0 Å². The molecule has 0 N–H and O–H groups in total. The minimum atomic E-state index is -3.67. The van der Waals surface area contributed by atoms with Gasteiger partial charge in [0.05, 0.1) is 10.6 Å². The summed E-state index contributed by atoms with van der Waals surface area (Å²) in [6.45, 7) is 4.06. The zero-order valence-corrected chi connectivity index (χ0v) is 18.8. The Hall–Kier alpha value is -2.85. The Morgan fingerprint density at radius 2 is 1.58 bits per heavy atom. The van der Waals surface area contributed by atoms with Gasteiger partial charge in [-0.3, -0.25) is 4.31 Å². The average Bonchev–Trinajstić information content (AvgIpc) is 3.13. The monoisotopic (exact) mass is 429 g/mol. The van der Waals surface area contributed by atoms with Crippen molar-refractivity contribution in [1.82, 2.24) is 4.31 Å². The van der Waals surface area contributed by atoms with Gasteiger partial charge < -0.3 is 0 Å². The van der Waals surface area contributed by atoms with Crippen molar-refractivity contribution in [2.24, 2.45) is 0 Å². The van der Waals surface area contributed by atoms with Gasteiger partial charge in [-0.25, -0.2) is 8.42 Å². The summed E-state index contributed by atoms with van der Waals surface area (Å²) in [6.07, 6.45) is 2.56. The largest absolute Gasteiger partial charge is 0.264 e. The lowest BCUT2D eigenvalue weighted by atomic mass is 9.85. The summed E-state index contributed by atoms with van der Waals surface area (Å²) in [5.74, 6) is 0.112. The van der Waals surface area contributed by atoms with E-state index in [0.29, 0.717) is 4.90 Å². The molecule has 0 unspecified atom stereocenters. The molecule has 5 rings (SSSR count). The van der Waals surface area contributed by atoms with Crippen molar-refractivity contribution in [3.05, 3.63) is 107 Å². The second-order valence-electron chi connectivity index (χ2n) is 8.52. The number of sulfonamides is 1. The fourth-order valence-corrected chi connectivity index (χ4v) is 6.95. The Morgan fingerprint density at radius 3 is 2.29 bits per heavy atom. The van der Waals surface area contributed by atoms with Crippen LogP contribution in [0.3, 0.4) is 0 Å². The van der Waals surface area contributed by atoms with Crippen molar-refractivity contribution in [3.8, 4) is 0 Å². The predicted octanol–water partition coefficient (Wildman–Crippen LogP) is 6.11. The van der Waals surface area contributed by atoms with Crippen LogP contribution in [-0.4, -0.2) is 18.8 Å². The molecular weight excluding hydrogens is 402 g/mol. The number of allylic oxidation sites excluding steroid dienone is 1. The maximum absolute atomic E-state index is 14.0. The van der Waals surface area contributed by atoms with E-state index in [4.69, 9.17) is 0 Å². The molecule has 0 aromatic heterocycles. The fraction of sp³-hybridized carbons (Fsp3) is 0.259. The summed E-state index contributed by atoms with van der Waals surface area (Å²) in [4.78, 5) is 0.367. The molecule has 0 spiro atoms. The Bertz CT molecular complexity index is 1240. The summed E-state index contributed by atoms with van der Waals surface area (Å²) >= 11 is 0. The van der Waals surface area contributed by atoms with Crippen LogP contribution in [-0.2, 0) is 10.0 Å². The number of hydrogen-bond donors (Lipinski definition) is 0. The van der Waals surface area contributed by atoms with Crippen molar-refractivity contribution in [2.45, 2.75) is 50.0 Å². The van der Waals surface area contributed by atoms with Crippen LogP contribution in [0.25, 0.3) is 5.70 Å². The van der Waals surface area contributed by atoms with E-state index >= 15 is 0 Å². The van der Waals surface area contributed by atoms with E-state index in [0.717, 1.165) is 36.1 Å². The zero-order chi connectivity index (χ0) is 21.6. The van der Waals surface area contributed by atoms with Gasteiger partial charge in [-0.05, 0) is 55.0 Å². The minimum absolute atomic E-state index is 0.0346. The maximum atomic E-state index is 14.0. The van der Waals surface area contributed by atoms with E-state index in [1.54, 1.807) is 16.4 Å². The van der Waals surface area contributed by atoms with Crippen LogP contribution in [0.4, 0.5) is 0 Å². The molecule has 31 heavy (non-hydrogen) atoms. The number of rotatable bonds is 4. The van der Waals surface area contributed by atoms with E-state index in [2.05, 4.69) is 49.4 Å². The molecule has 2 atom stereocenters. The van der Waals surface area contributed by atoms with Crippen molar-refractivity contribution < 1.29 is 8.42 Å². The van der Waals surface area contributed by atoms with E-state index < -0.39 is 10.0 Å². The highest BCUT2D eigenvalue weighted by Crippen LogP contribution is 2.53. The Balaban J connectivity index is 1.73. The molecule has 0 amide bonds. The molecule has 0 radical (unpaired) electrons. The van der Waals surface area contributed by atoms with Gasteiger partial charge in [0, 0.05) is 17.5 Å². The Labute approximate surface area is 185 Å². The van der Waals surface area contributed by atoms with Gasteiger partial charge >= 0.3 is 0 Å². The van der Waals surface area contributed by atoms with Gasteiger partial charge in [-0.1, -0.05) is 79.2 Å². The van der Waals surface area contributed by atoms with Gasteiger partial charge in [0.1, 0.15) is 0 Å². The summed E-state index contributed by atoms with van der Waals surface area (Å²) in [6, 6.07) is 26.0. The van der Waals surface area contributed by atoms with Crippen LogP contribution in [0.1, 0.15) is 54.4 Å². The predicted molar refractivity (Wildman–Crippen MR) is 125 cm³/mol. The molecule has 3 nitrogen and oxygen atoms in total. The third-order valence-electron chi connectivity index (χ3n) is 6.66. The molecule has 0 saturated carbocycles. The highest BCUT2D eigenvalue weighted by molar-refractivity contribution is 7.89. The molecule has 0 saturated heterocycles. The average molecular weight is 430 g/mol. The second kappa shape index (κ2) is 7.69. The highest BCUT2D eigenvalue weighted by Gasteiger charge is 2.44. The molecule has 2 aliphatic rings. The minimum Gasteiger partial charge on any atom is -0.263 e. The molecule has 1 heterocycles. The molecule has 3 aromatic rings. The second-order valence-corrected chi connectivity index (χ2v) is 10.3. The van der Waals surface area contributed by atoms with Crippen LogP contribution in [0.15, 0.2) is 89.3 Å². The third-order valence-corrected chi connectivity index (χ3v) is 8.53. The quantitative estimate of drug-likeness (QED) is 0.501. The standard InChI is InChI=1S/C27H27NO2S/c1-3-21-15-18-25-26(20-9-5-4-6-10-20)23-11-7-8-12-24(23)27(25)28(21)31(29,30)22-16-13-19(2)14-17-22/h4-14,16-17,21,26H,3,15,18H2,1-2H3/t21-,26+/m1/s1. The highest BCUT2D eigenvalue weighted by atomic mass is 32.2. The molecule has 1 aliphatic carbocycles. The van der Waals surface area contributed by atoms with Crippen LogP contribution < -0.4 is 0 Å². The molecular formula is C27H27NO2S. The van der Waals surface area contributed by atoms with Crippen molar-refractivity contribution in [3.63, 3.8) is 0 Å². The Kier molecular flexibility index (Phi) is 4.98. The fourth-order valence-electron chi connectivity index (χ4n) is 5.14. The third kappa shape index (κ3) is 3.21. The molecule has 158 valence electrons. The summed E-state index contributed by atoms with van der Waals surface area (Å²) in [5, 5.41) is 0. The maximum Gasteiger partial charge on any atom is 0.264 e. The van der Waals surface area contributed by atoms with E-state index in [1.807, 2.05) is 31.2 Å². The van der Waals surface area contributed by atoms with Crippen LogP contribution >= 0.6 is 0 Å². The van der Waals surface area contributed by atoms with Gasteiger partial charge in [0.2, 0.25) is 0 Å². The van der Waals surface area contributed by atoms with Gasteiger partial charge in [0.25, 0.3) is 10.0 Å². The number of hydrogen-bond acceptors (Lipinski definition) is 2. The topological polar surface area (TPSA) is 37.4 Å². The first-order chi connectivity index (χ1) is 15.0. The summed E-state index contributed by atoms with van der Waals surface area (Å²) in [5.41, 5.74) is 6.68. The van der Waals surface area contributed by atoms with Crippen molar-refractivity contribution >= 4 is 15.7 Å². The molecule has 4 heteroatoms. The van der Waals surface area contributed by atoms with Crippen LogP contribution in [0, 0.1) is 6.92 Å². The van der Waals surface area contributed by atoms with E-state index in [9.17, 15) is 8.42 Å². The lowest BCUT2D eigenvalue weighted by Crippen LogP contribution is -2.41. The first kappa shape index (κ1) is 20.1. The van der Waals surface area contributed by atoms with E-state index in [1.165, 1.54) is 16.7 Å². The lowest BCUT2D eigenvalue weighted by molar-refractivity contribution is 0.362. The molecule has 1 aliphatic heterocycles. The number of fused-ring (bicyclic) bond motifs is 2. The molecule has 0 bridgehead atoms. The van der Waals surface area contributed by atoms with Crippen LogP contribution in [0.5, 0.6) is 0 Å². The summed E-state index contributed by atoms with van der Waals surface area (Å²) < 4.78 is 29.7. The van der Waals surface area contributed by atoms with Gasteiger partial charge in [-0.15, -0.1) is 0 Å².